The molecule has 0 heterocycles. The lowest BCUT2D eigenvalue weighted by Crippen LogP contribution is -2.16. The van der Waals surface area contributed by atoms with E-state index in [1.54, 1.807) is 6.07 Å². The fourth-order valence-corrected chi connectivity index (χ4v) is 1.88. The Labute approximate surface area is 103 Å². The molecule has 0 aromatic heterocycles. The Bertz CT molecular complexity index is 546. The van der Waals surface area contributed by atoms with E-state index in [1.807, 2.05) is 0 Å². The van der Waals surface area contributed by atoms with Gasteiger partial charge < -0.3 is 9.47 Å². The second-order valence-electron chi connectivity index (χ2n) is 3.44. The fourth-order valence-electron chi connectivity index (χ4n) is 1.68. The smallest absolute Gasteiger partial charge is 0.205 e. The summed E-state index contributed by atoms with van der Waals surface area (Å²) < 4.78 is 10.1. The number of hydrogen-bond acceptors (Lipinski definition) is 4. The topological polar surface area (TPSA) is 52.6 Å². The molecule has 0 radical (unpaired) electrons. The molecule has 0 unspecified atom stereocenters. The molecule has 4 nitrogen and oxygen atoms in total. The molecule has 0 saturated carbocycles. The van der Waals surface area contributed by atoms with Gasteiger partial charge in [-0.05, 0) is 6.07 Å². The molecule has 0 bridgehead atoms. The molecule has 2 rings (SSSR count). The number of benzene rings is 1. The summed E-state index contributed by atoms with van der Waals surface area (Å²) in [6.45, 7) is 0. The highest BCUT2D eigenvalue weighted by Crippen LogP contribution is 2.34. The molecule has 0 saturated heterocycles. The van der Waals surface area contributed by atoms with Crippen LogP contribution in [0, 0.1) is 0 Å². The molecule has 1 aromatic carbocycles. The number of ketones is 2. The summed E-state index contributed by atoms with van der Waals surface area (Å²) in [6, 6.07) is 3.03. The van der Waals surface area contributed by atoms with Crippen molar-refractivity contribution in [3.8, 4) is 11.5 Å². The van der Waals surface area contributed by atoms with Crippen molar-refractivity contribution in [2.24, 2.45) is 0 Å². The van der Waals surface area contributed by atoms with Crippen molar-refractivity contribution < 1.29 is 19.1 Å². The van der Waals surface area contributed by atoms with E-state index in [0.29, 0.717) is 11.5 Å². The van der Waals surface area contributed by atoms with Crippen molar-refractivity contribution in [1.29, 1.82) is 0 Å². The van der Waals surface area contributed by atoms with Crippen LogP contribution in [-0.2, 0) is 0 Å². The standard InChI is InChI=1S/C12H9ClO4/c1-16-6-3-7-11(10(4-6)17-2)9(14)5-8(13)12(7)15/h3-5H,1-2H3. The van der Waals surface area contributed by atoms with Crippen molar-refractivity contribution in [3.05, 3.63) is 34.4 Å². The highest BCUT2D eigenvalue weighted by molar-refractivity contribution is 6.49. The predicted octanol–water partition coefficient (Wildman–Crippen LogP) is 2.21. The number of carbonyl (C=O) groups is 2. The second kappa shape index (κ2) is 4.22. The average molecular weight is 253 g/mol. The minimum absolute atomic E-state index is 0.0993. The Morgan fingerprint density at radius 3 is 2.41 bits per heavy atom. The molecule has 0 amide bonds. The summed E-state index contributed by atoms with van der Waals surface area (Å²) in [5, 5.41) is -0.0993. The van der Waals surface area contributed by atoms with Gasteiger partial charge in [0.25, 0.3) is 0 Å². The van der Waals surface area contributed by atoms with Gasteiger partial charge in [-0.25, -0.2) is 0 Å². The van der Waals surface area contributed by atoms with Crippen molar-refractivity contribution in [2.45, 2.75) is 0 Å². The Morgan fingerprint density at radius 2 is 1.82 bits per heavy atom. The molecule has 0 atom stereocenters. The zero-order chi connectivity index (χ0) is 12.6. The third-order valence-electron chi connectivity index (χ3n) is 2.50. The van der Waals surface area contributed by atoms with Crippen LogP contribution in [0.25, 0.3) is 0 Å². The van der Waals surface area contributed by atoms with E-state index in [-0.39, 0.29) is 21.9 Å². The van der Waals surface area contributed by atoms with Crippen LogP contribution in [0.2, 0.25) is 0 Å². The first-order valence-electron chi connectivity index (χ1n) is 4.80. The number of allylic oxidation sites excluding steroid dienone is 2. The van der Waals surface area contributed by atoms with Crippen LogP contribution in [-0.4, -0.2) is 25.8 Å². The zero-order valence-electron chi connectivity index (χ0n) is 9.24. The monoisotopic (exact) mass is 252 g/mol. The largest absolute Gasteiger partial charge is 0.497 e. The van der Waals surface area contributed by atoms with E-state index in [9.17, 15) is 9.59 Å². The van der Waals surface area contributed by atoms with Gasteiger partial charge in [-0.15, -0.1) is 0 Å². The van der Waals surface area contributed by atoms with Crippen molar-refractivity contribution in [3.63, 3.8) is 0 Å². The van der Waals surface area contributed by atoms with Crippen LogP contribution in [0.5, 0.6) is 11.5 Å². The molecule has 5 heteroatoms. The number of Topliss-reactive ketones (excluding diaryl/α,β-unsaturated/α-hetero) is 1. The maximum absolute atomic E-state index is 11.8. The molecular weight excluding hydrogens is 244 g/mol. The Morgan fingerprint density at radius 1 is 1.12 bits per heavy atom. The van der Waals surface area contributed by atoms with E-state index in [2.05, 4.69) is 0 Å². The number of carbonyl (C=O) groups excluding carboxylic acids is 2. The maximum atomic E-state index is 11.8. The van der Waals surface area contributed by atoms with Crippen LogP contribution in [0.15, 0.2) is 23.2 Å². The van der Waals surface area contributed by atoms with Crippen LogP contribution in [0.4, 0.5) is 0 Å². The Kier molecular flexibility index (Phi) is 2.90. The van der Waals surface area contributed by atoms with Crippen LogP contribution in [0.3, 0.4) is 0 Å². The van der Waals surface area contributed by atoms with Crippen molar-refractivity contribution in [1.82, 2.24) is 0 Å². The normalized spacial score (nSPS) is 14.2. The van der Waals surface area contributed by atoms with Gasteiger partial charge in [-0.2, -0.15) is 0 Å². The van der Waals surface area contributed by atoms with Gasteiger partial charge in [0.05, 0.1) is 24.8 Å². The van der Waals surface area contributed by atoms with Gasteiger partial charge >= 0.3 is 0 Å². The predicted molar refractivity (Wildman–Crippen MR) is 62.1 cm³/mol. The van der Waals surface area contributed by atoms with E-state index in [1.165, 1.54) is 20.3 Å². The lowest BCUT2D eigenvalue weighted by Gasteiger charge is -2.16. The minimum Gasteiger partial charge on any atom is -0.497 e. The van der Waals surface area contributed by atoms with Crippen LogP contribution >= 0.6 is 11.6 Å². The molecule has 1 aromatic rings. The molecule has 17 heavy (non-hydrogen) atoms. The average Bonchev–Trinajstić information content (AvgIpc) is 2.34. The highest BCUT2D eigenvalue weighted by Gasteiger charge is 2.28. The number of methoxy groups -OCH3 is 2. The van der Waals surface area contributed by atoms with Crippen LogP contribution < -0.4 is 9.47 Å². The quantitative estimate of drug-likeness (QED) is 0.810. The first kappa shape index (κ1) is 11.7. The van der Waals surface area contributed by atoms with Gasteiger partial charge in [0.1, 0.15) is 11.5 Å². The summed E-state index contributed by atoms with van der Waals surface area (Å²) >= 11 is 5.69. The molecule has 1 aliphatic carbocycles. The number of halogens is 1. The third kappa shape index (κ3) is 1.80. The van der Waals surface area contributed by atoms with E-state index >= 15 is 0 Å². The number of hydrogen-bond donors (Lipinski definition) is 0. The summed E-state index contributed by atoms with van der Waals surface area (Å²) in [5.74, 6) is -0.00574. The van der Waals surface area contributed by atoms with Crippen molar-refractivity contribution >= 4 is 23.2 Å². The van der Waals surface area contributed by atoms with E-state index in [0.717, 1.165) is 6.08 Å². The molecule has 0 spiro atoms. The first-order valence-corrected chi connectivity index (χ1v) is 5.18. The minimum atomic E-state index is -0.404. The van der Waals surface area contributed by atoms with Gasteiger partial charge in [0, 0.05) is 17.7 Å². The van der Waals surface area contributed by atoms with Crippen LogP contribution in [0.1, 0.15) is 20.7 Å². The first-order chi connectivity index (χ1) is 8.08. The number of fused-ring (bicyclic) bond motifs is 1. The second-order valence-corrected chi connectivity index (χ2v) is 3.85. The summed E-state index contributed by atoms with van der Waals surface area (Å²) in [5.41, 5.74) is 0.432. The number of rotatable bonds is 2. The molecule has 0 aliphatic heterocycles. The van der Waals surface area contributed by atoms with E-state index in [4.69, 9.17) is 21.1 Å². The SMILES string of the molecule is COc1cc(OC)c2c(c1)C(=O)C(Cl)=CC2=O. The fraction of sp³-hybridized carbons (Fsp3) is 0.167. The molecule has 1 aliphatic rings. The third-order valence-corrected chi connectivity index (χ3v) is 2.78. The molecular formula is C12H9ClO4. The lowest BCUT2D eigenvalue weighted by molar-refractivity contribution is 0.0987. The summed E-state index contributed by atoms with van der Waals surface area (Å²) in [7, 11) is 2.89. The van der Waals surface area contributed by atoms with Crippen molar-refractivity contribution in [2.75, 3.05) is 14.2 Å². The highest BCUT2D eigenvalue weighted by atomic mass is 35.5. The molecule has 0 fully saturated rings. The van der Waals surface area contributed by atoms with Gasteiger partial charge in [-0.3, -0.25) is 9.59 Å². The Balaban J connectivity index is 2.73. The Hall–Kier alpha value is -1.81. The van der Waals surface area contributed by atoms with Gasteiger partial charge in [0.2, 0.25) is 5.78 Å². The molecule has 88 valence electrons. The maximum Gasteiger partial charge on any atom is 0.205 e. The van der Waals surface area contributed by atoms with Gasteiger partial charge in [0.15, 0.2) is 5.78 Å². The van der Waals surface area contributed by atoms with E-state index < -0.39 is 5.78 Å². The zero-order valence-corrected chi connectivity index (χ0v) is 10.00. The summed E-state index contributed by atoms with van der Waals surface area (Å²) in [4.78, 5) is 23.6. The van der Waals surface area contributed by atoms with Gasteiger partial charge in [-0.1, -0.05) is 11.6 Å². The molecule has 0 N–H and O–H groups in total. The lowest BCUT2D eigenvalue weighted by atomic mass is 9.93. The number of ether oxygens (including phenoxy) is 2. The summed E-state index contributed by atoms with van der Waals surface area (Å²) in [6.07, 6.45) is 1.10.